The van der Waals surface area contributed by atoms with E-state index in [1.807, 2.05) is 18.2 Å². The number of hydrogen-bond acceptors (Lipinski definition) is 3. The quantitative estimate of drug-likeness (QED) is 0.719. The summed E-state index contributed by atoms with van der Waals surface area (Å²) in [5.41, 5.74) is 3.06. The van der Waals surface area contributed by atoms with Crippen LogP contribution in [0.25, 0.3) is 0 Å². The van der Waals surface area contributed by atoms with Crippen LogP contribution < -0.4 is 5.56 Å². The summed E-state index contributed by atoms with van der Waals surface area (Å²) in [6.45, 7) is 1.34. The summed E-state index contributed by atoms with van der Waals surface area (Å²) in [6.07, 6.45) is 0.803. The van der Waals surface area contributed by atoms with Gasteiger partial charge in [0.15, 0.2) is 0 Å². The lowest BCUT2D eigenvalue weighted by Gasteiger charge is -2.28. The van der Waals surface area contributed by atoms with Crippen LogP contribution in [-0.4, -0.2) is 27.1 Å². The summed E-state index contributed by atoms with van der Waals surface area (Å²) < 4.78 is 14.3. The molecule has 0 saturated heterocycles. The molecular weight excluding hydrogens is 345 g/mol. The van der Waals surface area contributed by atoms with Gasteiger partial charge in [-0.15, -0.1) is 0 Å². The molecule has 1 aromatic heterocycles. The van der Waals surface area contributed by atoms with E-state index in [2.05, 4.69) is 11.2 Å². The second-order valence-corrected chi connectivity index (χ2v) is 6.59. The zero-order valence-corrected chi connectivity index (χ0v) is 14.6. The van der Waals surface area contributed by atoms with Gasteiger partial charge in [-0.25, -0.2) is 9.07 Å². The minimum atomic E-state index is -0.339. The van der Waals surface area contributed by atoms with Crippen molar-refractivity contribution in [2.45, 2.75) is 19.5 Å². The Kier molecular flexibility index (Phi) is 4.54. The van der Waals surface area contributed by atoms with Crippen molar-refractivity contribution in [3.05, 3.63) is 99.2 Å². The number of benzene rings is 2. The molecule has 3 aromatic rings. The number of carbonyl (C=O) groups is 1. The molecule has 0 aliphatic carbocycles. The minimum Gasteiger partial charge on any atom is -0.333 e. The van der Waals surface area contributed by atoms with E-state index in [1.165, 1.54) is 34.5 Å². The maximum atomic E-state index is 13.1. The van der Waals surface area contributed by atoms with E-state index < -0.39 is 0 Å². The van der Waals surface area contributed by atoms with Crippen molar-refractivity contribution in [1.29, 1.82) is 0 Å². The summed E-state index contributed by atoms with van der Waals surface area (Å²) in [5, 5.41) is 4.24. The Morgan fingerprint density at radius 3 is 2.52 bits per heavy atom. The molecule has 5 nitrogen and oxygen atoms in total. The molecule has 1 aliphatic rings. The van der Waals surface area contributed by atoms with E-state index in [9.17, 15) is 14.0 Å². The van der Waals surface area contributed by atoms with E-state index in [0.717, 1.165) is 17.5 Å². The third-order valence-electron chi connectivity index (χ3n) is 4.75. The molecule has 2 heterocycles. The van der Waals surface area contributed by atoms with Crippen LogP contribution in [-0.2, 0) is 19.5 Å². The molecule has 0 saturated carbocycles. The zero-order chi connectivity index (χ0) is 18.8. The monoisotopic (exact) mass is 363 g/mol. The average molecular weight is 363 g/mol. The highest BCUT2D eigenvalue weighted by atomic mass is 19.1. The molecule has 0 bridgehead atoms. The standard InChI is InChI=1S/C21H18FN3O2/c22-18-7-5-15(6-8-18)13-25-20(26)10-9-19(23-25)21(27)24-12-11-16-3-1-2-4-17(16)14-24/h1-10H,11-14H2. The lowest BCUT2D eigenvalue weighted by molar-refractivity contribution is 0.0726. The maximum Gasteiger partial charge on any atom is 0.274 e. The first-order chi connectivity index (χ1) is 13.1. The highest BCUT2D eigenvalue weighted by Gasteiger charge is 2.23. The molecule has 0 spiro atoms. The van der Waals surface area contributed by atoms with Gasteiger partial charge in [0, 0.05) is 19.2 Å². The topological polar surface area (TPSA) is 55.2 Å². The van der Waals surface area contributed by atoms with E-state index in [-0.39, 0.29) is 29.5 Å². The summed E-state index contributed by atoms with van der Waals surface area (Å²) in [4.78, 5) is 26.7. The van der Waals surface area contributed by atoms with Crippen LogP contribution in [0.4, 0.5) is 4.39 Å². The van der Waals surface area contributed by atoms with Gasteiger partial charge in [0.05, 0.1) is 6.54 Å². The average Bonchev–Trinajstić information content (AvgIpc) is 2.70. The largest absolute Gasteiger partial charge is 0.333 e. The number of hydrogen-bond donors (Lipinski definition) is 0. The number of carbonyl (C=O) groups excluding carboxylic acids is 1. The molecule has 0 unspecified atom stereocenters. The zero-order valence-electron chi connectivity index (χ0n) is 14.6. The minimum absolute atomic E-state index is 0.184. The van der Waals surface area contributed by atoms with Gasteiger partial charge >= 0.3 is 0 Å². The number of rotatable bonds is 3. The SMILES string of the molecule is O=C(c1ccc(=O)n(Cc2ccc(F)cc2)n1)N1CCc2ccccc2C1. The Morgan fingerprint density at radius 1 is 1.00 bits per heavy atom. The molecule has 27 heavy (non-hydrogen) atoms. The maximum absolute atomic E-state index is 13.1. The first kappa shape index (κ1) is 17.1. The summed E-state index contributed by atoms with van der Waals surface area (Å²) in [7, 11) is 0. The first-order valence-corrected chi connectivity index (χ1v) is 8.79. The van der Waals surface area contributed by atoms with Gasteiger partial charge in [-0.3, -0.25) is 9.59 Å². The fraction of sp³-hybridized carbons (Fsp3) is 0.190. The van der Waals surface area contributed by atoms with Crippen LogP contribution in [0.5, 0.6) is 0 Å². The van der Waals surface area contributed by atoms with Crippen LogP contribution >= 0.6 is 0 Å². The third-order valence-corrected chi connectivity index (χ3v) is 4.75. The van der Waals surface area contributed by atoms with Gasteiger partial charge < -0.3 is 4.90 Å². The summed E-state index contributed by atoms with van der Waals surface area (Å²) >= 11 is 0. The van der Waals surface area contributed by atoms with Gasteiger partial charge in [-0.2, -0.15) is 5.10 Å². The molecule has 0 atom stereocenters. The van der Waals surface area contributed by atoms with Crippen molar-refractivity contribution in [2.75, 3.05) is 6.54 Å². The molecular formula is C21H18FN3O2. The number of fused-ring (bicyclic) bond motifs is 1. The fourth-order valence-electron chi connectivity index (χ4n) is 3.27. The van der Waals surface area contributed by atoms with Crippen LogP contribution in [0.1, 0.15) is 27.2 Å². The van der Waals surface area contributed by atoms with Crippen molar-refractivity contribution < 1.29 is 9.18 Å². The second kappa shape index (κ2) is 7.15. The smallest absolute Gasteiger partial charge is 0.274 e. The van der Waals surface area contributed by atoms with Crippen molar-refractivity contribution in [3.8, 4) is 0 Å². The summed E-state index contributed by atoms with van der Waals surface area (Å²) in [6, 6.07) is 16.8. The van der Waals surface area contributed by atoms with Gasteiger partial charge in [-0.05, 0) is 41.3 Å². The van der Waals surface area contributed by atoms with Crippen LogP contribution in [0.3, 0.4) is 0 Å². The number of aromatic nitrogens is 2. The van der Waals surface area contributed by atoms with E-state index in [0.29, 0.717) is 13.1 Å². The van der Waals surface area contributed by atoms with Crippen LogP contribution in [0, 0.1) is 5.82 Å². The van der Waals surface area contributed by atoms with Crippen molar-refractivity contribution >= 4 is 5.91 Å². The number of nitrogens with zero attached hydrogens (tertiary/aromatic N) is 3. The molecule has 1 aliphatic heterocycles. The summed E-state index contributed by atoms with van der Waals surface area (Å²) in [5.74, 6) is -0.536. The second-order valence-electron chi connectivity index (χ2n) is 6.59. The molecule has 0 N–H and O–H groups in total. The van der Waals surface area contributed by atoms with Crippen molar-refractivity contribution in [3.63, 3.8) is 0 Å². The molecule has 136 valence electrons. The lowest BCUT2D eigenvalue weighted by Crippen LogP contribution is -2.37. The molecule has 0 fully saturated rings. The van der Waals surface area contributed by atoms with Gasteiger partial charge in [0.2, 0.25) is 0 Å². The molecule has 6 heteroatoms. The Balaban J connectivity index is 1.56. The normalized spacial score (nSPS) is 13.3. The van der Waals surface area contributed by atoms with Crippen molar-refractivity contribution in [2.24, 2.45) is 0 Å². The molecule has 0 radical (unpaired) electrons. The van der Waals surface area contributed by atoms with Gasteiger partial charge in [-0.1, -0.05) is 36.4 Å². The lowest BCUT2D eigenvalue weighted by atomic mass is 10.00. The fourth-order valence-corrected chi connectivity index (χ4v) is 3.27. The Labute approximate surface area is 155 Å². The third kappa shape index (κ3) is 3.65. The number of halogens is 1. The Hall–Kier alpha value is -3.28. The van der Waals surface area contributed by atoms with E-state index >= 15 is 0 Å². The highest BCUT2D eigenvalue weighted by Crippen LogP contribution is 2.19. The van der Waals surface area contributed by atoms with Crippen LogP contribution in [0.2, 0.25) is 0 Å². The number of amides is 1. The predicted molar refractivity (Wildman–Crippen MR) is 98.9 cm³/mol. The molecule has 2 aromatic carbocycles. The Bertz CT molecular complexity index is 1040. The van der Waals surface area contributed by atoms with E-state index in [1.54, 1.807) is 17.0 Å². The van der Waals surface area contributed by atoms with Crippen molar-refractivity contribution in [1.82, 2.24) is 14.7 Å². The molecule has 4 rings (SSSR count). The Morgan fingerprint density at radius 2 is 1.74 bits per heavy atom. The van der Waals surface area contributed by atoms with E-state index in [4.69, 9.17) is 0 Å². The predicted octanol–water partition coefficient (Wildman–Crippen LogP) is 2.63. The highest BCUT2D eigenvalue weighted by molar-refractivity contribution is 5.92. The van der Waals surface area contributed by atoms with Crippen LogP contribution in [0.15, 0.2) is 65.5 Å². The van der Waals surface area contributed by atoms with Gasteiger partial charge in [0.25, 0.3) is 11.5 Å². The molecule has 1 amide bonds. The van der Waals surface area contributed by atoms with Gasteiger partial charge in [0.1, 0.15) is 11.5 Å². The first-order valence-electron chi connectivity index (χ1n) is 8.79.